The van der Waals surface area contributed by atoms with E-state index in [2.05, 4.69) is 42.9 Å². The third-order valence-corrected chi connectivity index (χ3v) is 5.71. The summed E-state index contributed by atoms with van der Waals surface area (Å²) in [5, 5.41) is 8.14. The van der Waals surface area contributed by atoms with E-state index in [1.165, 1.54) is 24.9 Å². The zero-order chi connectivity index (χ0) is 22.5. The number of aromatic nitrogens is 1. The van der Waals surface area contributed by atoms with Crippen LogP contribution in [0.4, 0.5) is 11.4 Å². The summed E-state index contributed by atoms with van der Waals surface area (Å²) < 4.78 is 0. The molecule has 0 unspecified atom stereocenters. The lowest BCUT2D eigenvalue weighted by molar-refractivity contribution is 0.102. The van der Waals surface area contributed by atoms with Crippen LogP contribution >= 0.6 is 0 Å². The molecule has 1 amide bonds. The maximum Gasteiger partial charge on any atom is 0.272 e. The number of fused-ring (bicyclic) bond motifs is 1. The number of nitrogens with one attached hydrogen (secondary N) is 3. The number of amides is 1. The van der Waals surface area contributed by atoms with E-state index < -0.39 is 0 Å². The Kier molecular flexibility index (Phi) is 6.39. The van der Waals surface area contributed by atoms with Crippen LogP contribution in [0.25, 0.3) is 10.9 Å². The van der Waals surface area contributed by atoms with Crippen LogP contribution in [-0.2, 0) is 0 Å². The highest BCUT2D eigenvalue weighted by atomic mass is 16.1. The normalized spacial score (nSPS) is 15.1. The minimum atomic E-state index is -0.174. The van der Waals surface area contributed by atoms with Gasteiger partial charge < -0.3 is 20.9 Å². The highest BCUT2D eigenvalue weighted by Crippen LogP contribution is 2.23. The number of anilines is 2. The molecule has 0 saturated carbocycles. The van der Waals surface area contributed by atoms with Crippen molar-refractivity contribution >= 4 is 39.9 Å². The number of benzene rings is 2. The van der Waals surface area contributed by atoms with Gasteiger partial charge in [-0.05, 0) is 74.2 Å². The van der Waals surface area contributed by atoms with Gasteiger partial charge in [0.05, 0.1) is 5.71 Å². The van der Waals surface area contributed by atoms with Crippen LogP contribution in [0.1, 0.15) is 42.2 Å². The molecule has 8 nitrogen and oxygen atoms in total. The van der Waals surface area contributed by atoms with Crippen molar-refractivity contribution in [3.63, 3.8) is 0 Å². The highest BCUT2D eigenvalue weighted by Gasteiger charge is 2.13. The van der Waals surface area contributed by atoms with Crippen LogP contribution in [-0.4, -0.2) is 42.7 Å². The van der Waals surface area contributed by atoms with Crippen LogP contribution in [0.2, 0.25) is 0 Å². The zero-order valence-corrected chi connectivity index (χ0v) is 18.5. The number of aliphatic imine (C=N–C) groups is 1. The number of hydrazone groups is 1. The van der Waals surface area contributed by atoms with Crippen molar-refractivity contribution in [3.05, 3.63) is 59.8 Å². The third kappa shape index (κ3) is 4.91. The number of H-pyrrole nitrogens is 1. The SMILES string of the molecule is C/N=C(/N)N/N=C(\C)c1ccc2[nH]c(C(=O)Nc3ccc(N4CCCCC4)cc3)cc2c1. The van der Waals surface area contributed by atoms with Crippen molar-refractivity contribution in [1.82, 2.24) is 10.4 Å². The van der Waals surface area contributed by atoms with Crippen molar-refractivity contribution in [2.45, 2.75) is 26.2 Å². The molecule has 1 aliphatic heterocycles. The molecule has 5 N–H and O–H groups in total. The standard InChI is InChI=1S/C24H29N7O/c1-16(29-30-24(25)26-2)17-6-11-21-18(14-17)15-22(28-21)23(32)27-19-7-9-20(10-8-19)31-12-4-3-5-13-31/h6-11,14-15,28H,3-5,12-13H2,1-2H3,(H,27,32)(H3,25,26,30)/b29-16+. The number of carbonyl (C=O) groups is 1. The number of carbonyl (C=O) groups excluding carboxylic acids is 1. The maximum atomic E-state index is 12.8. The van der Waals surface area contributed by atoms with E-state index in [4.69, 9.17) is 5.73 Å². The molecule has 1 fully saturated rings. The molecule has 1 saturated heterocycles. The monoisotopic (exact) mass is 431 g/mol. The fourth-order valence-electron chi connectivity index (χ4n) is 3.84. The lowest BCUT2D eigenvalue weighted by Crippen LogP contribution is -2.29. The van der Waals surface area contributed by atoms with Gasteiger partial charge in [0, 0.05) is 42.4 Å². The quantitative estimate of drug-likeness (QED) is 0.281. The van der Waals surface area contributed by atoms with Gasteiger partial charge >= 0.3 is 0 Å². The lowest BCUT2D eigenvalue weighted by Gasteiger charge is -2.28. The second kappa shape index (κ2) is 9.55. The molecular weight excluding hydrogens is 402 g/mol. The predicted octanol–water partition coefficient (Wildman–Crippen LogP) is 3.67. The van der Waals surface area contributed by atoms with E-state index in [9.17, 15) is 4.79 Å². The summed E-state index contributed by atoms with van der Waals surface area (Å²) in [6.45, 7) is 4.08. The van der Waals surface area contributed by atoms with Crippen molar-refractivity contribution < 1.29 is 4.79 Å². The summed E-state index contributed by atoms with van der Waals surface area (Å²) in [5.74, 6) is 0.0717. The summed E-state index contributed by atoms with van der Waals surface area (Å²) in [7, 11) is 1.59. The lowest BCUT2D eigenvalue weighted by atomic mass is 10.1. The van der Waals surface area contributed by atoms with Gasteiger partial charge in [-0.15, -0.1) is 0 Å². The molecule has 0 radical (unpaired) electrons. The van der Waals surface area contributed by atoms with Crippen molar-refractivity contribution in [3.8, 4) is 0 Å². The summed E-state index contributed by atoms with van der Waals surface area (Å²) in [5.41, 5.74) is 13.4. The Morgan fingerprint density at radius 1 is 1.06 bits per heavy atom. The van der Waals surface area contributed by atoms with Crippen LogP contribution < -0.4 is 21.4 Å². The van der Waals surface area contributed by atoms with Crippen molar-refractivity contribution in [2.24, 2.45) is 15.8 Å². The summed E-state index contributed by atoms with van der Waals surface area (Å²) in [4.78, 5) is 22.2. The van der Waals surface area contributed by atoms with E-state index in [-0.39, 0.29) is 11.9 Å². The molecule has 2 aromatic carbocycles. The van der Waals surface area contributed by atoms with Gasteiger partial charge in [-0.3, -0.25) is 9.79 Å². The Balaban J connectivity index is 1.45. The van der Waals surface area contributed by atoms with E-state index in [0.717, 1.165) is 41.0 Å². The number of nitrogens with zero attached hydrogens (tertiary/aromatic N) is 3. The molecule has 0 atom stereocenters. The zero-order valence-electron chi connectivity index (χ0n) is 18.5. The Hall–Kier alpha value is -3.81. The van der Waals surface area contributed by atoms with E-state index in [1.54, 1.807) is 7.05 Å². The van der Waals surface area contributed by atoms with Crippen molar-refractivity contribution in [2.75, 3.05) is 30.4 Å². The largest absolute Gasteiger partial charge is 0.372 e. The predicted molar refractivity (Wildman–Crippen MR) is 132 cm³/mol. The van der Waals surface area contributed by atoms with E-state index in [1.807, 2.05) is 43.3 Å². The first-order valence-electron chi connectivity index (χ1n) is 10.9. The number of nitrogens with two attached hydrogens (primary N) is 1. The van der Waals surface area contributed by atoms with Crippen LogP contribution in [0.15, 0.2) is 58.6 Å². The van der Waals surface area contributed by atoms with Gasteiger partial charge in [-0.2, -0.15) is 5.10 Å². The smallest absolute Gasteiger partial charge is 0.272 e. The van der Waals surface area contributed by atoms with Gasteiger partial charge in [0.15, 0.2) is 0 Å². The van der Waals surface area contributed by atoms with Crippen LogP contribution in [0.3, 0.4) is 0 Å². The Morgan fingerprint density at radius 2 is 1.81 bits per heavy atom. The number of guanidine groups is 1. The number of hydrogen-bond donors (Lipinski definition) is 4. The number of aromatic amines is 1. The second-order valence-corrected chi connectivity index (χ2v) is 7.95. The molecular formula is C24H29N7O. The molecule has 1 aromatic heterocycles. The Labute approximate surface area is 187 Å². The highest BCUT2D eigenvalue weighted by molar-refractivity contribution is 6.07. The summed E-state index contributed by atoms with van der Waals surface area (Å²) >= 11 is 0. The number of piperidine rings is 1. The minimum Gasteiger partial charge on any atom is -0.372 e. The molecule has 2 heterocycles. The molecule has 0 spiro atoms. The average Bonchev–Trinajstić information content (AvgIpc) is 3.27. The van der Waals surface area contributed by atoms with Gasteiger partial charge in [0.1, 0.15) is 5.69 Å². The number of rotatable bonds is 5. The second-order valence-electron chi connectivity index (χ2n) is 7.95. The fraction of sp³-hybridized carbons (Fsp3) is 0.292. The third-order valence-electron chi connectivity index (χ3n) is 5.71. The van der Waals surface area contributed by atoms with Gasteiger partial charge in [-0.1, -0.05) is 6.07 Å². The molecule has 3 aromatic rings. The first-order chi connectivity index (χ1) is 15.5. The van der Waals surface area contributed by atoms with Crippen molar-refractivity contribution in [1.29, 1.82) is 0 Å². The molecule has 0 aliphatic carbocycles. The molecule has 8 heteroatoms. The fourth-order valence-corrected chi connectivity index (χ4v) is 3.84. The maximum absolute atomic E-state index is 12.8. The van der Waals surface area contributed by atoms with E-state index in [0.29, 0.717) is 5.69 Å². The van der Waals surface area contributed by atoms with Crippen LogP contribution in [0.5, 0.6) is 0 Å². The van der Waals surface area contributed by atoms with Gasteiger partial charge in [-0.25, -0.2) is 5.43 Å². The first kappa shape index (κ1) is 21.4. The van der Waals surface area contributed by atoms with Gasteiger partial charge in [0.2, 0.25) is 5.96 Å². The molecule has 1 aliphatic rings. The van der Waals surface area contributed by atoms with Gasteiger partial charge in [0.25, 0.3) is 5.91 Å². The molecule has 166 valence electrons. The summed E-state index contributed by atoms with van der Waals surface area (Å²) in [6.07, 6.45) is 3.79. The first-order valence-corrected chi connectivity index (χ1v) is 10.9. The van der Waals surface area contributed by atoms with E-state index >= 15 is 0 Å². The van der Waals surface area contributed by atoms with Crippen LogP contribution in [0, 0.1) is 0 Å². The molecule has 0 bridgehead atoms. The summed E-state index contributed by atoms with van der Waals surface area (Å²) in [6, 6.07) is 15.8. The minimum absolute atomic E-state index is 0.174. The topological polar surface area (TPSA) is 111 Å². The molecule has 32 heavy (non-hydrogen) atoms. The number of hydrogen-bond acceptors (Lipinski definition) is 4. The average molecular weight is 432 g/mol. The Bertz CT molecular complexity index is 1150. The molecule has 4 rings (SSSR count). The Morgan fingerprint density at radius 3 is 2.53 bits per heavy atom.